The lowest BCUT2D eigenvalue weighted by molar-refractivity contribution is 0.0601. The summed E-state index contributed by atoms with van der Waals surface area (Å²) in [5.41, 5.74) is 3.16. The summed E-state index contributed by atoms with van der Waals surface area (Å²) in [4.78, 5) is 16.0. The molecule has 25 heavy (non-hydrogen) atoms. The van der Waals surface area contributed by atoms with Crippen molar-refractivity contribution in [1.82, 2.24) is 15.2 Å². The molecule has 0 fully saturated rings. The number of methoxy groups -OCH3 is 1. The fourth-order valence-electron chi connectivity index (χ4n) is 2.26. The van der Waals surface area contributed by atoms with Crippen LogP contribution in [0.15, 0.2) is 54.7 Å². The van der Waals surface area contributed by atoms with Gasteiger partial charge in [-0.3, -0.25) is 0 Å². The number of ether oxygens (including phenoxy) is 1. The number of anilines is 4. The van der Waals surface area contributed by atoms with E-state index in [1.54, 1.807) is 18.2 Å². The van der Waals surface area contributed by atoms with E-state index in [-0.39, 0.29) is 0 Å². The first-order valence-corrected chi connectivity index (χ1v) is 7.63. The second kappa shape index (κ2) is 7.39. The SMILES string of the molecule is COC(=O)c1cccc(Nc2cnnc(Nc3cccc(C)c3)n2)c1. The van der Waals surface area contributed by atoms with Crippen LogP contribution < -0.4 is 10.6 Å². The summed E-state index contributed by atoms with van der Waals surface area (Å²) < 4.78 is 4.72. The maximum Gasteiger partial charge on any atom is 0.337 e. The first-order valence-electron chi connectivity index (χ1n) is 7.63. The number of rotatable bonds is 5. The van der Waals surface area contributed by atoms with Crippen molar-refractivity contribution >= 4 is 29.1 Å². The largest absolute Gasteiger partial charge is 0.465 e. The zero-order valence-corrected chi connectivity index (χ0v) is 13.9. The van der Waals surface area contributed by atoms with Crippen molar-refractivity contribution in [1.29, 1.82) is 0 Å². The van der Waals surface area contributed by atoms with Gasteiger partial charge in [-0.25, -0.2) is 4.79 Å². The zero-order chi connectivity index (χ0) is 17.6. The molecule has 3 rings (SSSR count). The molecule has 0 aliphatic carbocycles. The second-order valence-electron chi connectivity index (χ2n) is 5.36. The van der Waals surface area contributed by atoms with Gasteiger partial charge < -0.3 is 15.4 Å². The van der Waals surface area contributed by atoms with Crippen molar-refractivity contribution in [3.8, 4) is 0 Å². The quantitative estimate of drug-likeness (QED) is 0.690. The summed E-state index contributed by atoms with van der Waals surface area (Å²) in [5, 5.41) is 14.1. The van der Waals surface area contributed by atoms with Gasteiger partial charge in [-0.2, -0.15) is 10.1 Å². The van der Waals surface area contributed by atoms with Gasteiger partial charge in [-0.1, -0.05) is 18.2 Å². The molecule has 0 aliphatic rings. The summed E-state index contributed by atoms with van der Waals surface area (Å²) in [7, 11) is 1.35. The Morgan fingerprint density at radius 1 is 1.04 bits per heavy atom. The summed E-state index contributed by atoms with van der Waals surface area (Å²) in [6.07, 6.45) is 1.51. The van der Waals surface area contributed by atoms with Crippen molar-refractivity contribution in [2.75, 3.05) is 17.7 Å². The minimum atomic E-state index is -0.397. The molecule has 2 N–H and O–H groups in total. The highest BCUT2D eigenvalue weighted by Crippen LogP contribution is 2.18. The average Bonchev–Trinajstić information content (AvgIpc) is 2.61. The summed E-state index contributed by atoms with van der Waals surface area (Å²) in [5.74, 6) is 0.484. The number of carbonyl (C=O) groups is 1. The van der Waals surface area contributed by atoms with E-state index in [2.05, 4.69) is 25.8 Å². The smallest absolute Gasteiger partial charge is 0.337 e. The van der Waals surface area contributed by atoms with Crippen molar-refractivity contribution in [3.63, 3.8) is 0 Å². The Labute approximate surface area is 145 Å². The summed E-state index contributed by atoms with van der Waals surface area (Å²) in [6, 6.07) is 14.8. The van der Waals surface area contributed by atoms with E-state index < -0.39 is 5.97 Å². The van der Waals surface area contributed by atoms with Crippen LogP contribution >= 0.6 is 0 Å². The van der Waals surface area contributed by atoms with Crippen molar-refractivity contribution in [2.45, 2.75) is 6.92 Å². The topological polar surface area (TPSA) is 89.0 Å². The molecule has 0 bridgehead atoms. The third-order valence-electron chi connectivity index (χ3n) is 3.39. The fraction of sp³-hybridized carbons (Fsp3) is 0.111. The Bertz CT molecular complexity index is 898. The van der Waals surface area contributed by atoms with Gasteiger partial charge in [0.05, 0.1) is 18.9 Å². The molecule has 0 saturated heterocycles. The van der Waals surface area contributed by atoms with Crippen LogP contribution in [0.1, 0.15) is 15.9 Å². The molecule has 0 aliphatic heterocycles. The average molecular weight is 335 g/mol. The molecule has 0 unspecified atom stereocenters. The van der Waals surface area contributed by atoms with E-state index in [9.17, 15) is 4.79 Å². The minimum Gasteiger partial charge on any atom is -0.465 e. The Morgan fingerprint density at radius 2 is 1.80 bits per heavy atom. The van der Waals surface area contributed by atoms with Crippen LogP contribution in [0.3, 0.4) is 0 Å². The van der Waals surface area contributed by atoms with Crippen LogP contribution in [0.5, 0.6) is 0 Å². The number of benzene rings is 2. The third-order valence-corrected chi connectivity index (χ3v) is 3.39. The van der Waals surface area contributed by atoms with Gasteiger partial charge in [0.15, 0.2) is 5.82 Å². The summed E-state index contributed by atoms with van der Waals surface area (Å²) in [6.45, 7) is 2.01. The standard InChI is InChI=1S/C18H17N5O2/c1-12-5-3-7-14(9-12)21-18-22-16(11-19-23-18)20-15-8-4-6-13(10-15)17(24)25-2/h3-11H,1-2H3,(H2,20,21,22,23). The van der Waals surface area contributed by atoms with E-state index in [4.69, 9.17) is 4.74 Å². The highest BCUT2D eigenvalue weighted by atomic mass is 16.5. The molecular formula is C18H17N5O2. The molecule has 3 aromatic rings. The summed E-state index contributed by atoms with van der Waals surface area (Å²) >= 11 is 0. The van der Waals surface area contributed by atoms with Crippen molar-refractivity contribution in [3.05, 3.63) is 65.9 Å². The molecular weight excluding hydrogens is 318 g/mol. The van der Waals surface area contributed by atoms with Crippen LogP contribution in [0.25, 0.3) is 0 Å². The molecule has 0 spiro atoms. The lowest BCUT2D eigenvalue weighted by atomic mass is 10.2. The maximum atomic E-state index is 11.6. The Balaban J connectivity index is 1.77. The Kier molecular flexibility index (Phi) is 4.84. The highest BCUT2D eigenvalue weighted by molar-refractivity contribution is 5.90. The van der Waals surface area contributed by atoms with Gasteiger partial charge in [0.2, 0.25) is 5.95 Å². The molecule has 0 amide bonds. The molecule has 7 nitrogen and oxygen atoms in total. The van der Waals surface area contributed by atoms with Crippen molar-refractivity contribution in [2.24, 2.45) is 0 Å². The van der Waals surface area contributed by atoms with E-state index in [0.29, 0.717) is 23.0 Å². The van der Waals surface area contributed by atoms with E-state index in [0.717, 1.165) is 11.3 Å². The number of nitrogens with one attached hydrogen (secondary N) is 2. The molecule has 1 aromatic heterocycles. The number of aryl methyl sites for hydroxylation is 1. The van der Waals surface area contributed by atoms with E-state index in [1.165, 1.54) is 13.3 Å². The monoisotopic (exact) mass is 335 g/mol. The van der Waals surface area contributed by atoms with Crippen LogP contribution in [0.4, 0.5) is 23.1 Å². The lowest BCUT2D eigenvalue weighted by Gasteiger charge is -2.09. The molecule has 0 atom stereocenters. The number of aromatic nitrogens is 3. The zero-order valence-electron chi connectivity index (χ0n) is 13.9. The van der Waals surface area contributed by atoms with Crippen LogP contribution in [0, 0.1) is 6.92 Å². The van der Waals surface area contributed by atoms with Crippen LogP contribution in [-0.4, -0.2) is 28.3 Å². The first kappa shape index (κ1) is 16.4. The van der Waals surface area contributed by atoms with Gasteiger partial charge >= 0.3 is 5.97 Å². The Hall–Kier alpha value is -3.48. The predicted molar refractivity (Wildman–Crippen MR) is 95.4 cm³/mol. The molecule has 1 heterocycles. The predicted octanol–water partition coefficient (Wildman–Crippen LogP) is 3.45. The fourth-order valence-corrected chi connectivity index (χ4v) is 2.26. The van der Waals surface area contributed by atoms with Crippen LogP contribution in [0.2, 0.25) is 0 Å². The number of esters is 1. The van der Waals surface area contributed by atoms with Crippen LogP contribution in [-0.2, 0) is 4.74 Å². The molecule has 0 saturated carbocycles. The molecule has 126 valence electrons. The highest BCUT2D eigenvalue weighted by Gasteiger charge is 2.07. The number of hydrogen-bond donors (Lipinski definition) is 2. The third kappa shape index (κ3) is 4.29. The molecule has 7 heteroatoms. The van der Waals surface area contributed by atoms with Gasteiger partial charge in [-0.15, -0.1) is 5.10 Å². The van der Waals surface area contributed by atoms with Gasteiger partial charge in [-0.05, 0) is 42.8 Å². The van der Waals surface area contributed by atoms with Crippen molar-refractivity contribution < 1.29 is 9.53 Å². The first-order chi connectivity index (χ1) is 12.1. The lowest BCUT2D eigenvalue weighted by Crippen LogP contribution is -2.04. The van der Waals surface area contributed by atoms with E-state index in [1.807, 2.05) is 37.3 Å². The number of carbonyl (C=O) groups excluding carboxylic acids is 1. The van der Waals surface area contributed by atoms with Gasteiger partial charge in [0.1, 0.15) is 0 Å². The van der Waals surface area contributed by atoms with E-state index >= 15 is 0 Å². The van der Waals surface area contributed by atoms with Gasteiger partial charge in [0.25, 0.3) is 0 Å². The normalized spacial score (nSPS) is 10.2. The van der Waals surface area contributed by atoms with Gasteiger partial charge in [0, 0.05) is 11.4 Å². The minimum absolute atomic E-state index is 0.375. The maximum absolute atomic E-state index is 11.6. The second-order valence-corrected chi connectivity index (χ2v) is 5.36. The number of hydrogen-bond acceptors (Lipinski definition) is 7. The Morgan fingerprint density at radius 3 is 2.56 bits per heavy atom. The molecule has 0 radical (unpaired) electrons. The molecule has 2 aromatic carbocycles. The number of nitrogens with zero attached hydrogens (tertiary/aromatic N) is 3.